The molecule has 2 heterocycles. The minimum absolute atomic E-state index is 0.242. The average molecular weight is 360 g/mol. The van der Waals surface area contributed by atoms with Crippen molar-refractivity contribution in [2.75, 3.05) is 0 Å². The standard InChI is InChI=1S/C12H12Br2N2O/c1-8(9-3-2-4-15-6-9)16-7-10-5-11(13)12(14)17-10/h2-6,8,16H,7H2,1H3/t8-/m0/s1. The number of halogens is 2. The quantitative estimate of drug-likeness (QED) is 0.894. The van der Waals surface area contributed by atoms with Gasteiger partial charge in [0.1, 0.15) is 5.76 Å². The summed E-state index contributed by atoms with van der Waals surface area (Å²) in [6, 6.07) is 6.19. The lowest BCUT2D eigenvalue weighted by Crippen LogP contribution is -2.17. The lowest BCUT2D eigenvalue weighted by Gasteiger charge is -2.12. The first kappa shape index (κ1) is 12.8. The Morgan fingerprint density at radius 3 is 2.88 bits per heavy atom. The van der Waals surface area contributed by atoms with Crippen molar-refractivity contribution in [1.29, 1.82) is 0 Å². The Balaban J connectivity index is 1.94. The number of hydrogen-bond acceptors (Lipinski definition) is 3. The molecule has 1 N–H and O–H groups in total. The monoisotopic (exact) mass is 358 g/mol. The zero-order valence-electron chi connectivity index (χ0n) is 9.28. The number of furan rings is 1. The molecule has 0 amide bonds. The zero-order chi connectivity index (χ0) is 12.3. The van der Waals surface area contributed by atoms with Crippen LogP contribution in [0.25, 0.3) is 0 Å². The van der Waals surface area contributed by atoms with E-state index in [9.17, 15) is 0 Å². The molecule has 0 saturated heterocycles. The van der Waals surface area contributed by atoms with Crippen LogP contribution in [-0.4, -0.2) is 4.98 Å². The van der Waals surface area contributed by atoms with Crippen molar-refractivity contribution in [3.63, 3.8) is 0 Å². The molecule has 17 heavy (non-hydrogen) atoms. The van der Waals surface area contributed by atoms with Crippen LogP contribution in [0.2, 0.25) is 0 Å². The second-order valence-electron chi connectivity index (χ2n) is 3.72. The van der Waals surface area contributed by atoms with Crippen molar-refractivity contribution < 1.29 is 4.42 Å². The van der Waals surface area contributed by atoms with Crippen molar-refractivity contribution in [3.05, 3.63) is 51.1 Å². The van der Waals surface area contributed by atoms with E-state index in [1.54, 1.807) is 6.20 Å². The third-order valence-electron chi connectivity index (χ3n) is 2.46. The normalized spacial score (nSPS) is 12.6. The minimum atomic E-state index is 0.242. The van der Waals surface area contributed by atoms with Gasteiger partial charge in [0.2, 0.25) is 0 Å². The molecule has 0 aliphatic rings. The van der Waals surface area contributed by atoms with E-state index >= 15 is 0 Å². The van der Waals surface area contributed by atoms with E-state index < -0.39 is 0 Å². The third-order valence-corrected chi connectivity index (χ3v) is 4.17. The average Bonchev–Trinajstić information content (AvgIpc) is 2.67. The van der Waals surface area contributed by atoms with Crippen molar-refractivity contribution in [3.8, 4) is 0 Å². The molecule has 2 aromatic rings. The van der Waals surface area contributed by atoms with Gasteiger partial charge in [0.25, 0.3) is 0 Å². The van der Waals surface area contributed by atoms with Crippen LogP contribution < -0.4 is 5.32 Å². The molecule has 90 valence electrons. The summed E-state index contributed by atoms with van der Waals surface area (Å²) in [6.07, 6.45) is 3.64. The van der Waals surface area contributed by atoms with Crippen molar-refractivity contribution in [2.45, 2.75) is 19.5 Å². The van der Waals surface area contributed by atoms with Crippen LogP contribution in [0.1, 0.15) is 24.3 Å². The Kier molecular flexibility index (Phi) is 4.36. The molecular formula is C12H12Br2N2O. The maximum Gasteiger partial charge on any atom is 0.183 e. The highest BCUT2D eigenvalue weighted by Gasteiger charge is 2.08. The summed E-state index contributed by atoms with van der Waals surface area (Å²) in [4.78, 5) is 4.10. The summed E-state index contributed by atoms with van der Waals surface area (Å²) in [5, 5.41) is 3.38. The summed E-state index contributed by atoms with van der Waals surface area (Å²) < 4.78 is 7.15. The van der Waals surface area contributed by atoms with Crippen LogP contribution in [0.4, 0.5) is 0 Å². The lowest BCUT2D eigenvalue weighted by atomic mass is 10.1. The van der Waals surface area contributed by atoms with Gasteiger partial charge in [0.15, 0.2) is 4.67 Å². The van der Waals surface area contributed by atoms with Crippen LogP contribution in [0.15, 0.2) is 44.2 Å². The Hall–Kier alpha value is -0.650. The number of hydrogen-bond donors (Lipinski definition) is 1. The van der Waals surface area contributed by atoms with Gasteiger partial charge in [-0.05, 0) is 56.5 Å². The highest BCUT2D eigenvalue weighted by molar-refractivity contribution is 9.13. The van der Waals surface area contributed by atoms with Gasteiger partial charge in [-0.3, -0.25) is 4.98 Å². The molecular weight excluding hydrogens is 348 g/mol. The maximum atomic E-state index is 5.49. The number of aromatic nitrogens is 1. The van der Waals surface area contributed by atoms with Crippen molar-refractivity contribution in [1.82, 2.24) is 10.3 Å². The molecule has 5 heteroatoms. The van der Waals surface area contributed by atoms with Crippen LogP contribution in [0.5, 0.6) is 0 Å². The predicted octanol–water partition coefficient (Wildman–Crippen LogP) is 4.05. The number of rotatable bonds is 4. The molecule has 0 aliphatic heterocycles. The van der Waals surface area contributed by atoms with Gasteiger partial charge in [-0.1, -0.05) is 6.07 Å². The smallest absolute Gasteiger partial charge is 0.183 e. The van der Waals surface area contributed by atoms with Gasteiger partial charge in [-0.15, -0.1) is 0 Å². The fourth-order valence-corrected chi connectivity index (χ4v) is 2.14. The summed E-state index contributed by atoms with van der Waals surface area (Å²) >= 11 is 6.71. The fraction of sp³-hybridized carbons (Fsp3) is 0.250. The molecule has 1 atom stereocenters. The maximum absolute atomic E-state index is 5.49. The van der Waals surface area contributed by atoms with Crippen molar-refractivity contribution in [2.24, 2.45) is 0 Å². The molecule has 2 rings (SSSR count). The highest BCUT2D eigenvalue weighted by atomic mass is 79.9. The van der Waals surface area contributed by atoms with Crippen LogP contribution >= 0.6 is 31.9 Å². The second-order valence-corrected chi connectivity index (χ2v) is 5.30. The van der Waals surface area contributed by atoms with Crippen LogP contribution in [0.3, 0.4) is 0 Å². The molecule has 2 aromatic heterocycles. The summed E-state index contributed by atoms with van der Waals surface area (Å²) in [5.41, 5.74) is 1.16. The van der Waals surface area contributed by atoms with Gasteiger partial charge in [-0.2, -0.15) is 0 Å². The Labute approximate surface area is 117 Å². The van der Waals surface area contributed by atoms with Gasteiger partial charge >= 0.3 is 0 Å². The molecule has 0 spiro atoms. The van der Waals surface area contributed by atoms with Gasteiger partial charge in [0, 0.05) is 18.4 Å². The minimum Gasteiger partial charge on any atom is -0.452 e. The second kappa shape index (κ2) is 5.80. The van der Waals surface area contributed by atoms with E-state index in [2.05, 4.69) is 55.2 Å². The van der Waals surface area contributed by atoms with Crippen LogP contribution in [0, 0.1) is 0 Å². The zero-order valence-corrected chi connectivity index (χ0v) is 12.5. The molecule has 0 radical (unpaired) electrons. The topological polar surface area (TPSA) is 38.1 Å². The largest absolute Gasteiger partial charge is 0.452 e. The van der Waals surface area contributed by atoms with Crippen molar-refractivity contribution >= 4 is 31.9 Å². The number of nitrogens with one attached hydrogen (secondary N) is 1. The Bertz CT molecular complexity index is 465. The van der Waals surface area contributed by atoms with E-state index in [1.165, 1.54) is 0 Å². The molecule has 0 bridgehead atoms. The van der Waals surface area contributed by atoms with Crippen LogP contribution in [-0.2, 0) is 6.54 Å². The van der Waals surface area contributed by atoms with E-state index in [0.29, 0.717) is 6.54 Å². The number of pyridine rings is 1. The fourth-order valence-electron chi connectivity index (χ4n) is 1.48. The van der Waals surface area contributed by atoms with E-state index in [1.807, 2.05) is 18.3 Å². The highest BCUT2D eigenvalue weighted by Crippen LogP contribution is 2.26. The van der Waals surface area contributed by atoms with E-state index in [-0.39, 0.29) is 6.04 Å². The third kappa shape index (κ3) is 3.40. The lowest BCUT2D eigenvalue weighted by molar-refractivity contribution is 0.446. The first-order valence-electron chi connectivity index (χ1n) is 5.24. The molecule has 0 aromatic carbocycles. The summed E-state index contributed by atoms with van der Waals surface area (Å²) in [6.45, 7) is 2.78. The summed E-state index contributed by atoms with van der Waals surface area (Å²) in [5.74, 6) is 0.888. The molecule has 0 fully saturated rings. The summed E-state index contributed by atoms with van der Waals surface area (Å²) in [7, 11) is 0. The Morgan fingerprint density at radius 2 is 2.29 bits per heavy atom. The Morgan fingerprint density at radius 1 is 1.47 bits per heavy atom. The van der Waals surface area contributed by atoms with E-state index in [4.69, 9.17) is 4.42 Å². The molecule has 0 aliphatic carbocycles. The first-order chi connectivity index (χ1) is 8.16. The predicted molar refractivity (Wildman–Crippen MR) is 73.6 cm³/mol. The first-order valence-corrected chi connectivity index (χ1v) is 6.82. The van der Waals surface area contributed by atoms with E-state index in [0.717, 1.165) is 20.5 Å². The molecule has 0 unspecified atom stereocenters. The van der Waals surface area contributed by atoms with Gasteiger partial charge in [0.05, 0.1) is 11.0 Å². The van der Waals surface area contributed by atoms with Gasteiger partial charge in [-0.25, -0.2) is 0 Å². The number of nitrogens with zero attached hydrogens (tertiary/aromatic N) is 1. The van der Waals surface area contributed by atoms with Gasteiger partial charge < -0.3 is 9.73 Å². The molecule has 0 saturated carbocycles. The SMILES string of the molecule is C[C@H](NCc1cc(Br)c(Br)o1)c1cccnc1. The molecule has 3 nitrogen and oxygen atoms in total.